The summed E-state index contributed by atoms with van der Waals surface area (Å²) in [7, 11) is 0. The molecule has 0 spiro atoms. The number of nitrogens with zero attached hydrogens (tertiary/aromatic N) is 3. The molecule has 0 saturated heterocycles. The fourth-order valence-corrected chi connectivity index (χ4v) is 5.34. The molecule has 20 heavy (non-hydrogen) atoms. The van der Waals surface area contributed by atoms with Crippen LogP contribution in [0.3, 0.4) is 0 Å². The van der Waals surface area contributed by atoms with Gasteiger partial charge in [0.1, 0.15) is 0 Å². The molecule has 4 heteroatoms. The van der Waals surface area contributed by atoms with E-state index in [4.69, 9.17) is 5.73 Å². The molecule has 4 fully saturated rings. The van der Waals surface area contributed by atoms with Crippen molar-refractivity contribution in [1.82, 2.24) is 15.2 Å². The molecule has 1 heterocycles. The molecule has 0 amide bonds. The normalized spacial score (nSPS) is 40.0. The fraction of sp³-hybridized carbons (Fsp3) is 0.812. The lowest BCUT2D eigenvalue weighted by Crippen LogP contribution is -2.49. The van der Waals surface area contributed by atoms with Crippen LogP contribution in [-0.2, 0) is 0 Å². The summed E-state index contributed by atoms with van der Waals surface area (Å²) >= 11 is 0. The molecule has 0 aliphatic heterocycles. The molecular weight excluding hydrogens is 248 g/mol. The maximum Gasteiger partial charge on any atom is 0.168 e. The van der Waals surface area contributed by atoms with Gasteiger partial charge in [0.15, 0.2) is 5.82 Å². The minimum atomic E-state index is -0.0169. The van der Waals surface area contributed by atoms with E-state index in [0.717, 1.165) is 40.9 Å². The Kier molecular flexibility index (Phi) is 2.85. The first kappa shape index (κ1) is 12.7. The van der Waals surface area contributed by atoms with Crippen molar-refractivity contribution >= 4 is 0 Å². The van der Waals surface area contributed by atoms with E-state index in [1.807, 2.05) is 13.8 Å². The Morgan fingerprint density at radius 3 is 2.05 bits per heavy atom. The Balaban J connectivity index is 1.62. The highest BCUT2D eigenvalue weighted by Crippen LogP contribution is 2.58. The summed E-state index contributed by atoms with van der Waals surface area (Å²) in [5.74, 6) is 4.95. The van der Waals surface area contributed by atoms with Gasteiger partial charge in [0.05, 0.1) is 17.4 Å². The smallest absolute Gasteiger partial charge is 0.168 e. The molecule has 4 saturated carbocycles. The van der Waals surface area contributed by atoms with Gasteiger partial charge in [-0.3, -0.25) is 0 Å². The zero-order chi connectivity index (χ0) is 13.9. The monoisotopic (exact) mass is 272 g/mol. The summed E-state index contributed by atoms with van der Waals surface area (Å²) in [6, 6.07) is -0.0169. The second-order valence-electron chi connectivity index (χ2n) is 7.37. The first-order valence-electron chi connectivity index (χ1n) is 8.05. The Labute approximate surface area is 120 Å². The van der Waals surface area contributed by atoms with E-state index in [1.54, 1.807) is 0 Å². The zero-order valence-corrected chi connectivity index (χ0v) is 12.4. The molecule has 1 unspecified atom stereocenters. The number of hydrogen-bond acceptors (Lipinski definition) is 4. The Bertz CT molecular complexity index is 499. The van der Waals surface area contributed by atoms with E-state index < -0.39 is 0 Å². The Morgan fingerprint density at radius 2 is 1.50 bits per heavy atom. The van der Waals surface area contributed by atoms with Crippen molar-refractivity contribution in [2.45, 2.75) is 52.0 Å². The van der Waals surface area contributed by atoms with E-state index in [0.29, 0.717) is 5.92 Å². The van der Waals surface area contributed by atoms with Crippen molar-refractivity contribution in [2.75, 3.05) is 0 Å². The standard InChI is InChI=1S/C16H24N4/c1-8-9(2)19-20-16(18-8)15(17)14-12-4-10-3-11(6-12)7-13(14)5-10/h10-15H,3-7,17H2,1-2H3. The van der Waals surface area contributed by atoms with Crippen LogP contribution in [0, 0.1) is 43.4 Å². The van der Waals surface area contributed by atoms with Crippen LogP contribution in [0.15, 0.2) is 0 Å². The minimum Gasteiger partial charge on any atom is -0.321 e. The molecule has 0 radical (unpaired) electrons. The predicted octanol–water partition coefficient (Wildman–Crippen LogP) is 2.56. The summed E-state index contributed by atoms with van der Waals surface area (Å²) < 4.78 is 0. The van der Waals surface area contributed by atoms with Gasteiger partial charge in [0.2, 0.25) is 0 Å². The molecule has 4 bridgehead atoms. The SMILES string of the molecule is Cc1nnc(C(N)C2C3CC4CC(C3)CC2C4)nc1C. The average Bonchev–Trinajstić information content (AvgIpc) is 2.40. The maximum absolute atomic E-state index is 6.57. The molecule has 1 atom stereocenters. The molecular formula is C16H24N4. The van der Waals surface area contributed by atoms with Gasteiger partial charge in [-0.1, -0.05) is 0 Å². The average molecular weight is 272 g/mol. The van der Waals surface area contributed by atoms with Gasteiger partial charge in [0.25, 0.3) is 0 Å². The van der Waals surface area contributed by atoms with Gasteiger partial charge >= 0.3 is 0 Å². The fourth-order valence-electron chi connectivity index (χ4n) is 5.34. The van der Waals surface area contributed by atoms with Crippen LogP contribution in [0.4, 0.5) is 0 Å². The van der Waals surface area contributed by atoms with Crippen LogP contribution < -0.4 is 5.73 Å². The van der Waals surface area contributed by atoms with Crippen LogP contribution in [-0.4, -0.2) is 15.2 Å². The lowest BCUT2D eigenvalue weighted by Gasteiger charge is -2.55. The minimum absolute atomic E-state index is 0.0169. The first-order valence-corrected chi connectivity index (χ1v) is 8.05. The molecule has 4 aliphatic rings. The zero-order valence-electron chi connectivity index (χ0n) is 12.4. The predicted molar refractivity (Wildman–Crippen MR) is 76.8 cm³/mol. The third kappa shape index (κ3) is 1.88. The molecule has 4 aliphatic carbocycles. The quantitative estimate of drug-likeness (QED) is 0.898. The topological polar surface area (TPSA) is 64.7 Å². The summed E-state index contributed by atoms with van der Waals surface area (Å²) in [6.45, 7) is 3.95. The summed E-state index contributed by atoms with van der Waals surface area (Å²) in [6.07, 6.45) is 7.05. The third-order valence-corrected chi connectivity index (χ3v) is 6.12. The van der Waals surface area contributed by atoms with Gasteiger partial charge in [-0.15, -0.1) is 5.10 Å². The number of hydrogen-bond donors (Lipinski definition) is 1. The van der Waals surface area contributed by atoms with Crippen molar-refractivity contribution in [1.29, 1.82) is 0 Å². The van der Waals surface area contributed by atoms with Crippen LogP contribution in [0.2, 0.25) is 0 Å². The van der Waals surface area contributed by atoms with Gasteiger partial charge in [-0.25, -0.2) is 4.98 Å². The largest absolute Gasteiger partial charge is 0.321 e. The van der Waals surface area contributed by atoms with Gasteiger partial charge in [-0.05, 0) is 75.5 Å². The van der Waals surface area contributed by atoms with Gasteiger partial charge < -0.3 is 5.73 Å². The van der Waals surface area contributed by atoms with Crippen molar-refractivity contribution in [3.8, 4) is 0 Å². The van der Waals surface area contributed by atoms with E-state index in [-0.39, 0.29) is 6.04 Å². The molecule has 4 nitrogen and oxygen atoms in total. The van der Waals surface area contributed by atoms with E-state index in [9.17, 15) is 0 Å². The van der Waals surface area contributed by atoms with Crippen LogP contribution in [0.5, 0.6) is 0 Å². The highest BCUT2D eigenvalue weighted by Gasteiger charge is 2.50. The number of aryl methyl sites for hydroxylation is 2. The number of rotatable bonds is 2. The highest BCUT2D eigenvalue weighted by molar-refractivity contribution is 5.10. The second-order valence-corrected chi connectivity index (χ2v) is 7.37. The summed E-state index contributed by atoms with van der Waals surface area (Å²) in [4.78, 5) is 4.61. The lowest BCUT2D eigenvalue weighted by molar-refractivity contribution is -0.0483. The maximum atomic E-state index is 6.57. The number of aromatic nitrogens is 3. The van der Waals surface area contributed by atoms with E-state index in [2.05, 4.69) is 15.2 Å². The second kappa shape index (κ2) is 4.48. The lowest BCUT2D eigenvalue weighted by atomic mass is 9.50. The summed E-state index contributed by atoms with van der Waals surface area (Å²) in [5.41, 5.74) is 8.45. The van der Waals surface area contributed by atoms with Gasteiger partial charge in [-0.2, -0.15) is 5.10 Å². The van der Waals surface area contributed by atoms with Crippen LogP contribution >= 0.6 is 0 Å². The Hall–Kier alpha value is -1.03. The Morgan fingerprint density at radius 1 is 0.900 bits per heavy atom. The van der Waals surface area contributed by atoms with Crippen LogP contribution in [0.1, 0.15) is 55.4 Å². The molecule has 0 aromatic carbocycles. The van der Waals surface area contributed by atoms with E-state index in [1.165, 1.54) is 32.1 Å². The third-order valence-electron chi connectivity index (χ3n) is 6.12. The van der Waals surface area contributed by atoms with Crippen LogP contribution in [0.25, 0.3) is 0 Å². The first-order chi connectivity index (χ1) is 9.61. The van der Waals surface area contributed by atoms with E-state index >= 15 is 0 Å². The van der Waals surface area contributed by atoms with Crippen molar-refractivity contribution in [3.63, 3.8) is 0 Å². The molecule has 1 aromatic rings. The highest BCUT2D eigenvalue weighted by atomic mass is 15.2. The van der Waals surface area contributed by atoms with Gasteiger partial charge in [0, 0.05) is 0 Å². The molecule has 5 rings (SSSR count). The molecule has 108 valence electrons. The van der Waals surface area contributed by atoms with Crippen molar-refractivity contribution in [3.05, 3.63) is 17.2 Å². The molecule has 2 N–H and O–H groups in total. The van der Waals surface area contributed by atoms with Crippen molar-refractivity contribution < 1.29 is 0 Å². The number of nitrogens with two attached hydrogens (primary N) is 1. The summed E-state index contributed by atoms with van der Waals surface area (Å²) in [5, 5.41) is 8.51. The van der Waals surface area contributed by atoms with Crippen molar-refractivity contribution in [2.24, 2.45) is 35.3 Å². The molecule has 1 aromatic heterocycles.